The predicted octanol–water partition coefficient (Wildman–Crippen LogP) is 2.39. The number of halogens is 1. The first-order chi connectivity index (χ1) is 10.5. The van der Waals surface area contributed by atoms with Crippen molar-refractivity contribution in [2.75, 3.05) is 17.1 Å². The second-order valence-corrected chi connectivity index (χ2v) is 8.23. The van der Waals surface area contributed by atoms with Gasteiger partial charge in [0.2, 0.25) is 15.9 Å². The number of anilines is 1. The van der Waals surface area contributed by atoms with Gasteiger partial charge < -0.3 is 5.32 Å². The van der Waals surface area contributed by atoms with Crippen LogP contribution >= 0.6 is 0 Å². The Morgan fingerprint density at radius 3 is 2.00 bits per heavy atom. The van der Waals surface area contributed by atoms with Crippen molar-refractivity contribution < 1.29 is 17.6 Å². The topological polar surface area (TPSA) is 66.5 Å². The van der Waals surface area contributed by atoms with Crippen molar-refractivity contribution in [3.8, 4) is 0 Å². The number of hydrogen-bond acceptors (Lipinski definition) is 3. The van der Waals surface area contributed by atoms with Crippen LogP contribution in [-0.4, -0.2) is 33.2 Å². The van der Waals surface area contributed by atoms with Crippen LogP contribution in [0.4, 0.5) is 10.1 Å². The van der Waals surface area contributed by atoms with Gasteiger partial charge in [0.25, 0.3) is 0 Å². The molecule has 0 radical (unpaired) electrons. The summed E-state index contributed by atoms with van der Waals surface area (Å²) in [5, 5.41) is 2.88. The van der Waals surface area contributed by atoms with Gasteiger partial charge in [-0.15, -0.1) is 0 Å². The van der Waals surface area contributed by atoms with Crippen LogP contribution in [0.3, 0.4) is 0 Å². The SMILES string of the molecule is CC(C)C(NC(=O)CN(c1ccc(F)cc1)S(C)(=O)=O)C(C)C. The second kappa shape index (κ2) is 7.77. The molecule has 0 unspecified atom stereocenters. The Hall–Kier alpha value is -1.63. The summed E-state index contributed by atoms with van der Waals surface area (Å²) in [7, 11) is -3.65. The summed E-state index contributed by atoms with van der Waals surface area (Å²) in [4.78, 5) is 12.3. The van der Waals surface area contributed by atoms with Crippen LogP contribution < -0.4 is 9.62 Å². The van der Waals surface area contributed by atoms with Gasteiger partial charge in [-0.25, -0.2) is 12.8 Å². The van der Waals surface area contributed by atoms with Crippen LogP contribution in [0.2, 0.25) is 0 Å². The van der Waals surface area contributed by atoms with Gasteiger partial charge in [-0.2, -0.15) is 0 Å². The number of rotatable bonds is 7. The number of amides is 1. The zero-order valence-corrected chi connectivity index (χ0v) is 15.0. The van der Waals surface area contributed by atoms with E-state index in [9.17, 15) is 17.6 Å². The molecule has 0 atom stereocenters. The first kappa shape index (κ1) is 19.4. The Labute approximate surface area is 137 Å². The maximum absolute atomic E-state index is 13.0. The van der Waals surface area contributed by atoms with Gasteiger partial charge in [0, 0.05) is 6.04 Å². The van der Waals surface area contributed by atoms with E-state index in [1.54, 1.807) is 0 Å². The zero-order valence-electron chi connectivity index (χ0n) is 14.2. The Balaban J connectivity index is 2.95. The van der Waals surface area contributed by atoms with Crippen molar-refractivity contribution in [1.29, 1.82) is 0 Å². The molecule has 0 bridgehead atoms. The third-order valence-electron chi connectivity index (χ3n) is 3.57. The third-order valence-corrected chi connectivity index (χ3v) is 4.71. The van der Waals surface area contributed by atoms with Crippen LogP contribution in [0.5, 0.6) is 0 Å². The summed E-state index contributed by atoms with van der Waals surface area (Å²) in [6, 6.07) is 4.96. The molecule has 1 rings (SSSR count). The molecular formula is C16H25FN2O3S. The predicted molar refractivity (Wildman–Crippen MR) is 90.2 cm³/mol. The summed E-state index contributed by atoms with van der Waals surface area (Å²) in [5.41, 5.74) is 0.259. The van der Waals surface area contributed by atoms with Gasteiger partial charge in [0.1, 0.15) is 12.4 Å². The summed E-state index contributed by atoms with van der Waals surface area (Å²) in [6.07, 6.45) is 1.02. The minimum atomic E-state index is -3.65. The molecule has 0 aromatic heterocycles. The van der Waals surface area contributed by atoms with Gasteiger partial charge >= 0.3 is 0 Å². The number of sulfonamides is 1. The van der Waals surface area contributed by atoms with Crippen molar-refractivity contribution in [1.82, 2.24) is 5.32 Å². The lowest BCUT2D eigenvalue weighted by molar-refractivity contribution is -0.121. The zero-order chi connectivity index (χ0) is 17.8. The molecule has 0 aliphatic heterocycles. The maximum atomic E-state index is 13.0. The van der Waals surface area contributed by atoms with E-state index in [4.69, 9.17) is 0 Å². The minimum absolute atomic E-state index is 0.0443. The Kier molecular flexibility index (Phi) is 6.56. The molecule has 0 spiro atoms. The molecule has 5 nitrogen and oxygen atoms in total. The van der Waals surface area contributed by atoms with Gasteiger partial charge in [-0.05, 0) is 36.1 Å². The van der Waals surface area contributed by atoms with Crippen LogP contribution in [0.25, 0.3) is 0 Å². The highest BCUT2D eigenvalue weighted by Crippen LogP contribution is 2.18. The minimum Gasteiger partial charge on any atom is -0.351 e. The highest BCUT2D eigenvalue weighted by Gasteiger charge is 2.24. The number of nitrogens with one attached hydrogen (secondary N) is 1. The number of benzene rings is 1. The Morgan fingerprint density at radius 1 is 1.13 bits per heavy atom. The Morgan fingerprint density at radius 2 is 1.61 bits per heavy atom. The van der Waals surface area contributed by atoms with E-state index < -0.39 is 15.8 Å². The molecule has 0 heterocycles. The Bertz CT molecular complexity index is 619. The lowest BCUT2D eigenvalue weighted by Gasteiger charge is -2.28. The monoisotopic (exact) mass is 344 g/mol. The van der Waals surface area contributed by atoms with E-state index >= 15 is 0 Å². The summed E-state index contributed by atoms with van der Waals surface area (Å²) in [6.45, 7) is 7.66. The van der Waals surface area contributed by atoms with Crippen molar-refractivity contribution in [3.05, 3.63) is 30.1 Å². The largest absolute Gasteiger partial charge is 0.351 e. The quantitative estimate of drug-likeness (QED) is 0.826. The standard InChI is InChI=1S/C16H25FN2O3S/c1-11(2)16(12(3)4)18-15(20)10-19(23(5,21)22)14-8-6-13(17)7-9-14/h6-9,11-12,16H,10H2,1-5H3,(H,18,20). The molecule has 0 aliphatic rings. The van der Waals surface area contributed by atoms with Crippen molar-refractivity contribution in [3.63, 3.8) is 0 Å². The molecule has 0 saturated carbocycles. The van der Waals surface area contributed by atoms with Crippen molar-refractivity contribution in [2.24, 2.45) is 11.8 Å². The molecule has 130 valence electrons. The maximum Gasteiger partial charge on any atom is 0.241 e. The van der Waals surface area contributed by atoms with Crippen LogP contribution in [0, 0.1) is 17.7 Å². The van der Waals surface area contributed by atoms with Gasteiger partial charge in [0.05, 0.1) is 11.9 Å². The first-order valence-corrected chi connectivity index (χ1v) is 9.40. The third kappa shape index (κ3) is 5.82. The highest BCUT2D eigenvalue weighted by molar-refractivity contribution is 7.92. The van der Waals surface area contributed by atoms with Crippen molar-refractivity contribution in [2.45, 2.75) is 33.7 Å². The number of carbonyl (C=O) groups is 1. The highest BCUT2D eigenvalue weighted by atomic mass is 32.2. The summed E-state index contributed by atoms with van der Waals surface area (Å²) >= 11 is 0. The fraction of sp³-hybridized carbons (Fsp3) is 0.562. The fourth-order valence-corrected chi connectivity index (χ4v) is 3.33. The van der Waals surface area contributed by atoms with E-state index in [2.05, 4.69) is 5.32 Å². The summed E-state index contributed by atoms with van der Waals surface area (Å²) in [5.74, 6) is -0.383. The molecule has 23 heavy (non-hydrogen) atoms. The number of nitrogens with zero attached hydrogens (tertiary/aromatic N) is 1. The number of hydrogen-bond donors (Lipinski definition) is 1. The molecule has 0 aliphatic carbocycles. The first-order valence-electron chi connectivity index (χ1n) is 7.55. The van der Waals surface area contributed by atoms with Crippen LogP contribution in [0.15, 0.2) is 24.3 Å². The van der Waals surface area contributed by atoms with Gasteiger partial charge in [-0.1, -0.05) is 27.7 Å². The lowest BCUT2D eigenvalue weighted by Crippen LogP contribution is -2.47. The molecule has 0 fully saturated rings. The van der Waals surface area contributed by atoms with Gasteiger partial charge in [0.15, 0.2) is 0 Å². The van der Waals surface area contributed by atoms with E-state index in [0.29, 0.717) is 0 Å². The van der Waals surface area contributed by atoms with Crippen LogP contribution in [0.1, 0.15) is 27.7 Å². The molecular weight excluding hydrogens is 319 g/mol. The van der Waals surface area contributed by atoms with E-state index in [-0.39, 0.29) is 36.0 Å². The molecule has 1 aromatic rings. The molecule has 0 saturated heterocycles. The van der Waals surface area contributed by atoms with E-state index in [1.165, 1.54) is 12.1 Å². The van der Waals surface area contributed by atoms with Crippen molar-refractivity contribution >= 4 is 21.6 Å². The normalized spacial score (nSPS) is 12.0. The smallest absolute Gasteiger partial charge is 0.241 e. The molecule has 1 N–H and O–H groups in total. The second-order valence-electron chi connectivity index (χ2n) is 6.33. The molecule has 1 amide bonds. The lowest BCUT2D eigenvalue weighted by atomic mass is 9.93. The molecule has 1 aromatic carbocycles. The average Bonchev–Trinajstić information content (AvgIpc) is 2.41. The molecule has 7 heteroatoms. The average molecular weight is 344 g/mol. The van der Waals surface area contributed by atoms with E-state index in [0.717, 1.165) is 22.7 Å². The van der Waals surface area contributed by atoms with Crippen LogP contribution in [-0.2, 0) is 14.8 Å². The van der Waals surface area contributed by atoms with E-state index in [1.807, 2.05) is 27.7 Å². The summed E-state index contributed by atoms with van der Waals surface area (Å²) < 4.78 is 37.9. The number of carbonyl (C=O) groups excluding carboxylic acids is 1. The fourth-order valence-electron chi connectivity index (χ4n) is 2.47. The van der Waals surface area contributed by atoms with Gasteiger partial charge in [-0.3, -0.25) is 9.10 Å².